The van der Waals surface area contributed by atoms with Crippen LogP contribution < -0.4 is 0 Å². The summed E-state index contributed by atoms with van der Waals surface area (Å²) < 4.78 is 13.4. The van der Waals surface area contributed by atoms with Crippen LogP contribution in [0.2, 0.25) is 5.15 Å². The maximum Gasteiger partial charge on any atom is 0.130 e. The highest BCUT2D eigenvalue weighted by atomic mass is 79.9. The van der Waals surface area contributed by atoms with Gasteiger partial charge in [0.1, 0.15) is 15.6 Å². The van der Waals surface area contributed by atoms with E-state index in [1.165, 1.54) is 12.1 Å². The molecule has 2 rings (SSSR count). The van der Waals surface area contributed by atoms with E-state index in [0.717, 1.165) is 11.1 Å². The van der Waals surface area contributed by atoms with Crippen LogP contribution in [0.5, 0.6) is 0 Å². The van der Waals surface area contributed by atoms with Crippen LogP contribution in [0.25, 0.3) is 12.2 Å². The zero-order valence-corrected chi connectivity index (χ0v) is 11.0. The van der Waals surface area contributed by atoms with Gasteiger partial charge in [-0.2, -0.15) is 0 Å². The Bertz CT molecular complexity index is 552. The van der Waals surface area contributed by atoms with Gasteiger partial charge in [0.2, 0.25) is 0 Å². The summed E-state index contributed by atoms with van der Waals surface area (Å²) in [5, 5.41) is 0.441. The molecule has 0 spiro atoms. The molecule has 0 saturated heterocycles. The molecule has 0 aliphatic rings. The van der Waals surface area contributed by atoms with Gasteiger partial charge in [0.05, 0.1) is 0 Å². The van der Waals surface area contributed by atoms with Crippen LogP contribution >= 0.6 is 27.5 Å². The Labute approximate surface area is 112 Å². The van der Waals surface area contributed by atoms with E-state index in [9.17, 15) is 4.39 Å². The van der Waals surface area contributed by atoms with Crippen molar-refractivity contribution in [1.29, 1.82) is 0 Å². The highest BCUT2D eigenvalue weighted by Gasteiger charge is 1.98. The Morgan fingerprint density at radius 3 is 2.41 bits per heavy atom. The van der Waals surface area contributed by atoms with Crippen LogP contribution in [0.15, 0.2) is 41.0 Å². The fourth-order valence-electron chi connectivity index (χ4n) is 1.31. The van der Waals surface area contributed by atoms with Crippen molar-refractivity contribution < 1.29 is 4.39 Å². The summed E-state index contributed by atoms with van der Waals surface area (Å²) >= 11 is 9.07. The van der Waals surface area contributed by atoms with Crippen molar-refractivity contribution in [2.45, 2.75) is 0 Å². The zero-order valence-electron chi connectivity index (χ0n) is 8.70. The van der Waals surface area contributed by atoms with Crippen LogP contribution in [0.3, 0.4) is 0 Å². The molecule has 0 aliphatic carbocycles. The minimum Gasteiger partial charge on any atom is -0.229 e. The van der Waals surface area contributed by atoms with Crippen LogP contribution in [-0.4, -0.2) is 4.98 Å². The van der Waals surface area contributed by atoms with Crippen molar-refractivity contribution >= 4 is 39.7 Å². The van der Waals surface area contributed by atoms with E-state index in [-0.39, 0.29) is 5.82 Å². The second-order valence-electron chi connectivity index (χ2n) is 3.40. The van der Waals surface area contributed by atoms with E-state index in [0.29, 0.717) is 9.76 Å². The second-order valence-corrected chi connectivity index (χ2v) is 4.54. The lowest BCUT2D eigenvalue weighted by Crippen LogP contribution is -1.81. The number of pyridine rings is 1. The first kappa shape index (κ1) is 12.3. The third kappa shape index (κ3) is 3.38. The molecule has 0 saturated carbocycles. The molecule has 0 atom stereocenters. The summed E-state index contributed by atoms with van der Waals surface area (Å²) in [6.45, 7) is 0. The summed E-state index contributed by atoms with van der Waals surface area (Å²) in [4.78, 5) is 4.07. The molecule has 0 bridgehead atoms. The molecule has 0 fully saturated rings. The molecule has 1 heterocycles. The summed E-state index contributed by atoms with van der Waals surface area (Å²) in [5.74, 6) is -0.239. The van der Waals surface area contributed by atoms with Crippen LogP contribution in [-0.2, 0) is 0 Å². The number of aromatic nitrogens is 1. The molecule has 0 unspecified atom stereocenters. The number of hydrogen-bond donors (Lipinski definition) is 0. The maximum absolute atomic E-state index is 12.7. The molecule has 86 valence electrons. The van der Waals surface area contributed by atoms with Crippen LogP contribution in [0.4, 0.5) is 4.39 Å². The predicted molar refractivity (Wildman–Crippen MR) is 72.3 cm³/mol. The highest BCUT2D eigenvalue weighted by molar-refractivity contribution is 9.10. The van der Waals surface area contributed by atoms with Gasteiger partial charge in [0, 0.05) is 5.56 Å². The minimum absolute atomic E-state index is 0.239. The number of rotatable bonds is 2. The van der Waals surface area contributed by atoms with Crippen molar-refractivity contribution in [3.05, 3.63) is 63.1 Å². The first-order chi connectivity index (χ1) is 8.15. The minimum atomic E-state index is -0.239. The summed E-state index contributed by atoms with van der Waals surface area (Å²) in [6.07, 6.45) is 3.77. The van der Waals surface area contributed by atoms with Gasteiger partial charge in [-0.25, -0.2) is 9.37 Å². The Kier molecular flexibility index (Phi) is 3.92. The Morgan fingerprint density at radius 1 is 1.06 bits per heavy atom. The van der Waals surface area contributed by atoms with Gasteiger partial charge in [-0.3, -0.25) is 0 Å². The SMILES string of the molecule is Fc1ccc(C=Cc2ccc(Cl)nc2Br)cc1. The average Bonchev–Trinajstić information content (AvgIpc) is 2.30. The second kappa shape index (κ2) is 5.43. The van der Waals surface area contributed by atoms with Gasteiger partial charge < -0.3 is 0 Å². The monoisotopic (exact) mass is 311 g/mol. The van der Waals surface area contributed by atoms with Crippen LogP contribution in [0, 0.1) is 5.82 Å². The number of benzene rings is 1. The Morgan fingerprint density at radius 2 is 1.76 bits per heavy atom. The van der Waals surface area contributed by atoms with E-state index in [1.54, 1.807) is 18.2 Å². The molecule has 2 aromatic rings. The van der Waals surface area contributed by atoms with E-state index < -0.39 is 0 Å². The third-order valence-electron chi connectivity index (χ3n) is 2.17. The smallest absolute Gasteiger partial charge is 0.130 e. The summed E-state index contributed by atoms with van der Waals surface area (Å²) in [7, 11) is 0. The van der Waals surface area contributed by atoms with Crippen molar-refractivity contribution in [3.63, 3.8) is 0 Å². The van der Waals surface area contributed by atoms with Crippen molar-refractivity contribution in [3.8, 4) is 0 Å². The first-order valence-corrected chi connectivity index (χ1v) is 6.08. The van der Waals surface area contributed by atoms with Crippen LogP contribution in [0.1, 0.15) is 11.1 Å². The summed E-state index contributed by atoms with van der Waals surface area (Å²) in [6, 6.07) is 9.85. The lowest BCUT2D eigenvalue weighted by Gasteiger charge is -1.98. The molecule has 17 heavy (non-hydrogen) atoms. The fourth-order valence-corrected chi connectivity index (χ4v) is 2.01. The number of halogens is 3. The molecule has 0 amide bonds. The lowest BCUT2D eigenvalue weighted by molar-refractivity contribution is 0.628. The molecular formula is C13H8BrClFN. The topological polar surface area (TPSA) is 12.9 Å². The summed E-state index contributed by atoms with van der Waals surface area (Å²) in [5.41, 5.74) is 1.84. The zero-order chi connectivity index (χ0) is 12.3. The highest BCUT2D eigenvalue weighted by Crippen LogP contribution is 2.19. The molecule has 0 aliphatic heterocycles. The lowest BCUT2D eigenvalue weighted by atomic mass is 10.2. The fraction of sp³-hybridized carbons (Fsp3) is 0. The largest absolute Gasteiger partial charge is 0.229 e. The third-order valence-corrected chi connectivity index (χ3v) is 3.01. The van der Waals surface area contributed by atoms with Crippen molar-refractivity contribution in [2.75, 3.05) is 0 Å². The van der Waals surface area contributed by atoms with E-state index >= 15 is 0 Å². The van der Waals surface area contributed by atoms with Crippen molar-refractivity contribution in [2.24, 2.45) is 0 Å². The van der Waals surface area contributed by atoms with Gasteiger partial charge in [0.15, 0.2) is 0 Å². The van der Waals surface area contributed by atoms with Gasteiger partial charge in [0.25, 0.3) is 0 Å². The van der Waals surface area contributed by atoms with Gasteiger partial charge in [-0.1, -0.05) is 35.9 Å². The molecule has 1 nitrogen and oxygen atoms in total. The normalized spacial score (nSPS) is 11.0. The van der Waals surface area contributed by atoms with Gasteiger partial charge in [-0.15, -0.1) is 0 Å². The van der Waals surface area contributed by atoms with E-state index in [1.807, 2.05) is 18.2 Å². The quantitative estimate of drug-likeness (QED) is 0.725. The van der Waals surface area contributed by atoms with Gasteiger partial charge in [-0.05, 0) is 45.8 Å². The molecule has 0 radical (unpaired) electrons. The Balaban J connectivity index is 2.23. The first-order valence-electron chi connectivity index (χ1n) is 4.91. The van der Waals surface area contributed by atoms with Gasteiger partial charge >= 0.3 is 0 Å². The molecule has 1 aromatic heterocycles. The number of hydrogen-bond acceptors (Lipinski definition) is 1. The standard InChI is InChI=1S/C13H8BrClFN/c14-13-10(5-8-12(15)17-13)4-1-9-2-6-11(16)7-3-9/h1-8H. The molecule has 1 aromatic carbocycles. The molecule has 4 heteroatoms. The number of nitrogens with zero attached hydrogens (tertiary/aromatic N) is 1. The molecular weight excluding hydrogens is 305 g/mol. The van der Waals surface area contributed by atoms with Crippen molar-refractivity contribution in [1.82, 2.24) is 4.98 Å². The molecule has 0 N–H and O–H groups in total. The Hall–Kier alpha value is -1.19. The van der Waals surface area contributed by atoms with E-state index in [2.05, 4.69) is 20.9 Å². The maximum atomic E-state index is 12.7. The average molecular weight is 313 g/mol. The van der Waals surface area contributed by atoms with E-state index in [4.69, 9.17) is 11.6 Å². The predicted octanol–water partition coefficient (Wildman–Crippen LogP) is 4.81.